The summed E-state index contributed by atoms with van der Waals surface area (Å²) in [6.45, 7) is 4.75. The summed E-state index contributed by atoms with van der Waals surface area (Å²) in [5.41, 5.74) is -0.00586. The summed E-state index contributed by atoms with van der Waals surface area (Å²) < 4.78 is 0. The van der Waals surface area contributed by atoms with Crippen LogP contribution in [-0.4, -0.2) is 35.3 Å². The van der Waals surface area contributed by atoms with Crippen LogP contribution in [0, 0.1) is 5.92 Å². The molecule has 0 spiro atoms. The largest absolute Gasteiger partial charge is 0.394 e. The maximum atomic E-state index is 9.50. The number of likely N-dealkylation sites (N-methyl/N-ethyl adjacent to an activating group) is 1. The van der Waals surface area contributed by atoms with Crippen molar-refractivity contribution in [3.05, 3.63) is 0 Å². The van der Waals surface area contributed by atoms with Crippen LogP contribution >= 0.6 is 11.8 Å². The number of rotatable bonds is 7. The van der Waals surface area contributed by atoms with E-state index in [1.807, 2.05) is 18.8 Å². The van der Waals surface area contributed by atoms with E-state index < -0.39 is 0 Å². The number of hydrogen-bond acceptors (Lipinski definition) is 3. The highest BCUT2D eigenvalue weighted by Crippen LogP contribution is 2.41. The van der Waals surface area contributed by atoms with Crippen LogP contribution < -0.4 is 5.32 Å². The maximum Gasteiger partial charge on any atom is 0.0624 e. The molecule has 0 aromatic heterocycles. The molecule has 2 nitrogen and oxygen atoms in total. The number of aliphatic hydroxyl groups is 1. The van der Waals surface area contributed by atoms with E-state index in [0.29, 0.717) is 11.2 Å². The van der Waals surface area contributed by atoms with Crippen molar-refractivity contribution in [3.63, 3.8) is 0 Å². The topological polar surface area (TPSA) is 32.3 Å². The molecule has 1 aliphatic carbocycles. The predicted molar refractivity (Wildman–Crippen MR) is 63.8 cm³/mol. The highest BCUT2D eigenvalue weighted by Gasteiger charge is 2.43. The SMILES string of the molecule is CCC(C)SCC(CO)(NC)C1CC1. The Labute approximate surface area is 91.9 Å². The van der Waals surface area contributed by atoms with E-state index >= 15 is 0 Å². The summed E-state index contributed by atoms with van der Waals surface area (Å²) in [5.74, 6) is 1.74. The van der Waals surface area contributed by atoms with Gasteiger partial charge >= 0.3 is 0 Å². The zero-order chi connectivity index (χ0) is 10.6. The smallest absolute Gasteiger partial charge is 0.0624 e. The Morgan fingerprint density at radius 3 is 2.57 bits per heavy atom. The first-order chi connectivity index (χ1) is 6.68. The zero-order valence-electron chi connectivity index (χ0n) is 9.55. The molecule has 0 saturated heterocycles. The Hall–Kier alpha value is 0.270. The molecule has 2 N–H and O–H groups in total. The summed E-state index contributed by atoms with van der Waals surface area (Å²) in [5, 5.41) is 13.5. The molecule has 3 heteroatoms. The van der Waals surface area contributed by atoms with Crippen molar-refractivity contribution in [2.24, 2.45) is 5.92 Å². The standard InChI is InChI=1S/C11H23NOS/c1-4-9(2)14-8-11(7-13,12-3)10-5-6-10/h9-10,12-13H,4-8H2,1-3H3. The number of thioether (sulfide) groups is 1. The quantitative estimate of drug-likeness (QED) is 0.683. The van der Waals surface area contributed by atoms with Crippen molar-refractivity contribution >= 4 is 11.8 Å². The van der Waals surface area contributed by atoms with Crippen LogP contribution in [0.4, 0.5) is 0 Å². The van der Waals surface area contributed by atoms with Gasteiger partial charge in [0.15, 0.2) is 0 Å². The second kappa shape index (κ2) is 5.38. The van der Waals surface area contributed by atoms with Gasteiger partial charge in [0.25, 0.3) is 0 Å². The fraction of sp³-hybridized carbons (Fsp3) is 1.00. The first-order valence-electron chi connectivity index (χ1n) is 5.60. The van der Waals surface area contributed by atoms with Crippen molar-refractivity contribution in [2.45, 2.75) is 43.9 Å². The minimum Gasteiger partial charge on any atom is -0.394 e. The second-order valence-corrected chi connectivity index (χ2v) is 5.80. The van der Waals surface area contributed by atoms with E-state index in [1.165, 1.54) is 19.3 Å². The van der Waals surface area contributed by atoms with E-state index in [1.54, 1.807) is 0 Å². The van der Waals surface area contributed by atoms with Gasteiger partial charge in [-0.15, -0.1) is 0 Å². The van der Waals surface area contributed by atoms with Crippen LogP contribution in [0.25, 0.3) is 0 Å². The van der Waals surface area contributed by atoms with E-state index in [2.05, 4.69) is 19.2 Å². The molecule has 0 amide bonds. The summed E-state index contributed by atoms with van der Waals surface area (Å²) in [6, 6.07) is 0. The molecule has 2 atom stereocenters. The molecule has 0 heterocycles. The van der Waals surface area contributed by atoms with E-state index in [0.717, 1.165) is 5.75 Å². The van der Waals surface area contributed by atoms with Crippen LogP contribution in [0.3, 0.4) is 0 Å². The fourth-order valence-corrected chi connectivity index (χ4v) is 2.98. The molecule has 0 aliphatic heterocycles. The fourth-order valence-electron chi connectivity index (χ4n) is 1.69. The molecule has 0 aromatic rings. The van der Waals surface area contributed by atoms with Gasteiger partial charge in [0.05, 0.1) is 12.1 Å². The van der Waals surface area contributed by atoms with E-state index in [-0.39, 0.29) is 12.1 Å². The molecule has 0 aromatic carbocycles. The second-order valence-electron chi connectivity index (χ2n) is 4.37. The molecular weight excluding hydrogens is 194 g/mol. The lowest BCUT2D eigenvalue weighted by molar-refractivity contribution is 0.167. The van der Waals surface area contributed by atoms with Gasteiger partial charge in [-0.1, -0.05) is 13.8 Å². The van der Waals surface area contributed by atoms with Crippen LogP contribution in [0.2, 0.25) is 0 Å². The van der Waals surface area contributed by atoms with E-state index in [4.69, 9.17) is 0 Å². The lowest BCUT2D eigenvalue weighted by Crippen LogP contribution is -2.51. The Balaban J connectivity index is 2.42. The zero-order valence-corrected chi connectivity index (χ0v) is 10.4. The third kappa shape index (κ3) is 2.88. The average Bonchev–Trinajstić information content (AvgIpc) is 3.04. The van der Waals surface area contributed by atoms with Crippen molar-refractivity contribution in [2.75, 3.05) is 19.4 Å². The van der Waals surface area contributed by atoms with Gasteiger partial charge in [-0.2, -0.15) is 11.8 Å². The molecular formula is C11H23NOS. The van der Waals surface area contributed by atoms with Gasteiger partial charge in [-0.3, -0.25) is 0 Å². The minimum atomic E-state index is -0.00586. The lowest BCUT2D eigenvalue weighted by atomic mass is 9.97. The van der Waals surface area contributed by atoms with Gasteiger partial charge in [0.1, 0.15) is 0 Å². The van der Waals surface area contributed by atoms with Crippen molar-refractivity contribution < 1.29 is 5.11 Å². The molecule has 14 heavy (non-hydrogen) atoms. The van der Waals surface area contributed by atoms with Crippen LogP contribution in [-0.2, 0) is 0 Å². The Kier molecular flexibility index (Phi) is 4.74. The van der Waals surface area contributed by atoms with Crippen LogP contribution in [0.5, 0.6) is 0 Å². The molecule has 0 bridgehead atoms. The molecule has 84 valence electrons. The van der Waals surface area contributed by atoms with Crippen molar-refractivity contribution in [1.82, 2.24) is 5.32 Å². The number of aliphatic hydroxyl groups excluding tert-OH is 1. The third-order valence-corrected chi connectivity index (χ3v) is 4.92. The minimum absolute atomic E-state index is 0.00586. The van der Waals surface area contributed by atoms with Crippen LogP contribution in [0.15, 0.2) is 0 Å². The molecule has 1 fully saturated rings. The predicted octanol–water partition coefficient (Wildman–Crippen LogP) is 1.88. The molecule has 1 rings (SSSR count). The third-order valence-electron chi connectivity index (χ3n) is 3.34. The van der Waals surface area contributed by atoms with Gasteiger partial charge in [0, 0.05) is 11.0 Å². The Morgan fingerprint density at radius 1 is 1.57 bits per heavy atom. The number of nitrogens with one attached hydrogen (secondary N) is 1. The summed E-state index contributed by atoms with van der Waals surface area (Å²) in [7, 11) is 1.98. The molecule has 1 saturated carbocycles. The molecule has 0 radical (unpaired) electrons. The Morgan fingerprint density at radius 2 is 2.21 bits per heavy atom. The summed E-state index contributed by atoms with van der Waals surface area (Å²) >= 11 is 1.98. The highest BCUT2D eigenvalue weighted by molar-refractivity contribution is 7.99. The highest BCUT2D eigenvalue weighted by atomic mass is 32.2. The van der Waals surface area contributed by atoms with Gasteiger partial charge in [-0.25, -0.2) is 0 Å². The summed E-state index contributed by atoms with van der Waals surface area (Å²) in [6.07, 6.45) is 3.77. The van der Waals surface area contributed by atoms with Crippen molar-refractivity contribution in [1.29, 1.82) is 0 Å². The normalized spacial score (nSPS) is 23.1. The average molecular weight is 217 g/mol. The van der Waals surface area contributed by atoms with E-state index in [9.17, 15) is 5.11 Å². The molecule has 1 aliphatic rings. The van der Waals surface area contributed by atoms with Gasteiger partial charge in [-0.05, 0) is 32.2 Å². The van der Waals surface area contributed by atoms with Gasteiger partial charge < -0.3 is 10.4 Å². The van der Waals surface area contributed by atoms with Gasteiger partial charge in [0.2, 0.25) is 0 Å². The maximum absolute atomic E-state index is 9.50. The first kappa shape index (κ1) is 12.3. The lowest BCUT2D eigenvalue weighted by Gasteiger charge is -2.32. The number of hydrogen-bond donors (Lipinski definition) is 2. The Bertz CT molecular complexity index is 167. The monoisotopic (exact) mass is 217 g/mol. The summed E-state index contributed by atoms with van der Waals surface area (Å²) in [4.78, 5) is 0. The molecule has 2 unspecified atom stereocenters. The van der Waals surface area contributed by atoms with Crippen LogP contribution in [0.1, 0.15) is 33.1 Å². The van der Waals surface area contributed by atoms with Crippen molar-refractivity contribution in [3.8, 4) is 0 Å². The first-order valence-corrected chi connectivity index (χ1v) is 6.64.